The van der Waals surface area contributed by atoms with E-state index in [2.05, 4.69) is 0 Å². The summed E-state index contributed by atoms with van der Waals surface area (Å²) in [5, 5.41) is 14.3. The second kappa shape index (κ2) is 7.45. The molecule has 5 aromatic carbocycles. The molecule has 0 saturated heterocycles. The van der Waals surface area contributed by atoms with Gasteiger partial charge in [0.2, 0.25) is 0 Å². The molecule has 152 valence electrons. The fourth-order valence-corrected chi connectivity index (χ4v) is 4.82. The van der Waals surface area contributed by atoms with Gasteiger partial charge in [0.15, 0.2) is 5.75 Å². The van der Waals surface area contributed by atoms with E-state index in [-0.39, 0.29) is 16.4 Å². The van der Waals surface area contributed by atoms with Crippen LogP contribution in [-0.4, -0.2) is 13.5 Å². The van der Waals surface area contributed by atoms with Crippen molar-refractivity contribution in [1.29, 1.82) is 0 Å². The Morgan fingerprint density at radius 3 is 1.81 bits per heavy atom. The van der Waals surface area contributed by atoms with Crippen molar-refractivity contribution in [2.45, 2.75) is 4.90 Å². The molecule has 0 aliphatic rings. The Balaban J connectivity index is 1.82. The van der Waals surface area contributed by atoms with Crippen LogP contribution in [0.2, 0.25) is 0 Å². The van der Waals surface area contributed by atoms with Crippen molar-refractivity contribution in [2.75, 3.05) is 0 Å². The lowest BCUT2D eigenvalue weighted by Crippen LogP contribution is -2.10. The molecule has 5 rings (SSSR count). The average molecular weight is 426 g/mol. The minimum Gasteiger partial charge on any atom is -0.507 e. The molecule has 0 fully saturated rings. The standard InChI is InChI=1S/C26H18O4S/c27-23-16-14-18-8-4-6-12-21(18)25(23)26-22-13-7-5-9-19(22)15-17-24(26)30-31(28,29)20-10-2-1-3-11-20/h1-17,27H. The maximum Gasteiger partial charge on any atom is 0.339 e. The molecule has 0 unspecified atom stereocenters. The van der Waals surface area contributed by atoms with Gasteiger partial charge in [-0.2, -0.15) is 8.42 Å². The Bertz CT molecular complexity index is 1520. The summed E-state index contributed by atoms with van der Waals surface area (Å²) < 4.78 is 31.6. The largest absolute Gasteiger partial charge is 0.507 e. The summed E-state index contributed by atoms with van der Waals surface area (Å²) in [5.41, 5.74) is 1.07. The van der Waals surface area contributed by atoms with Crippen molar-refractivity contribution < 1.29 is 17.7 Å². The van der Waals surface area contributed by atoms with Crippen LogP contribution < -0.4 is 4.18 Å². The normalized spacial score (nSPS) is 11.6. The number of fused-ring (bicyclic) bond motifs is 2. The van der Waals surface area contributed by atoms with Crippen LogP contribution in [0, 0.1) is 0 Å². The third-order valence-corrected chi connectivity index (χ3v) is 6.53. The Kier molecular flexibility index (Phi) is 4.60. The summed E-state index contributed by atoms with van der Waals surface area (Å²) in [4.78, 5) is 0.0660. The van der Waals surface area contributed by atoms with Gasteiger partial charge in [-0.1, -0.05) is 78.9 Å². The van der Waals surface area contributed by atoms with E-state index in [1.165, 1.54) is 12.1 Å². The highest BCUT2D eigenvalue weighted by Gasteiger charge is 2.23. The Hall–Kier alpha value is -3.83. The molecule has 0 amide bonds. The predicted octanol–water partition coefficient (Wildman–Crippen LogP) is 6.13. The van der Waals surface area contributed by atoms with Crippen molar-refractivity contribution in [3.8, 4) is 22.6 Å². The summed E-state index contributed by atoms with van der Waals surface area (Å²) in [7, 11) is -4.06. The first-order chi connectivity index (χ1) is 15.0. The zero-order valence-corrected chi connectivity index (χ0v) is 17.2. The molecule has 1 N–H and O–H groups in total. The number of rotatable bonds is 4. The van der Waals surface area contributed by atoms with E-state index in [0.717, 1.165) is 21.5 Å². The number of phenols is 1. The third kappa shape index (κ3) is 3.39. The fraction of sp³-hybridized carbons (Fsp3) is 0. The Labute approximate surface area is 180 Å². The first-order valence-electron chi connectivity index (χ1n) is 9.77. The van der Waals surface area contributed by atoms with Gasteiger partial charge in [0.1, 0.15) is 10.6 Å². The third-order valence-electron chi connectivity index (χ3n) is 5.28. The Morgan fingerprint density at radius 2 is 1.13 bits per heavy atom. The molecule has 0 atom stereocenters. The molecule has 31 heavy (non-hydrogen) atoms. The molecule has 0 saturated carbocycles. The zero-order valence-electron chi connectivity index (χ0n) is 16.4. The highest BCUT2D eigenvalue weighted by atomic mass is 32.2. The van der Waals surface area contributed by atoms with E-state index in [1.807, 2.05) is 60.7 Å². The molecule has 0 radical (unpaired) electrons. The molecule has 0 aliphatic carbocycles. The van der Waals surface area contributed by atoms with Gasteiger partial charge in [-0.15, -0.1) is 0 Å². The van der Waals surface area contributed by atoms with E-state index >= 15 is 0 Å². The first kappa shape index (κ1) is 19.2. The van der Waals surface area contributed by atoms with Gasteiger partial charge in [0.25, 0.3) is 0 Å². The van der Waals surface area contributed by atoms with Crippen LogP contribution in [0.1, 0.15) is 0 Å². The minimum atomic E-state index is -4.06. The smallest absolute Gasteiger partial charge is 0.339 e. The SMILES string of the molecule is O=S(=O)(Oc1ccc2ccccc2c1-c1c(O)ccc2ccccc12)c1ccccc1. The molecule has 4 nitrogen and oxygen atoms in total. The van der Waals surface area contributed by atoms with E-state index in [1.54, 1.807) is 30.3 Å². The topological polar surface area (TPSA) is 63.6 Å². The minimum absolute atomic E-state index is 0.0528. The van der Waals surface area contributed by atoms with E-state index in [4.69, 9.17) is 4.18 Å². The Morgan fingerprint density at radius 1 is 0.581 bits per heavy atom. The zero-order chi connectivity index (χ0) is 21.4. The number of phenolic OH excluding ortho intramolecular Hbond substituents is 1. The van der Waals surface area contributed by atoms with E-state index in [0.29, 0.717) is 11.1 Å². The second-order valence-electron chi connectivity index (χ2n) is 7.19. The van der Waals surface area contributed by atoms with Gasteiger partial charge in [-0.3, -0.25) is 0 Å². The lowest BCUT2D eigenvalue weighted by Gasteiger charge is -2.17. The number of benzene rings is 5. The van der Waals surface area contributed by atoms with Crippen molar-refractivity contribution in [3.05, 3.63) is 103 Å². The van der Waals surface area contributed by atoms with Crippen molar-refractivity contribution in [3.63, 3.8) is 0 Å². The van der Waals surface area contributed by atoms with Crippen molar-refractivity contribution in [1.82, 2.24) is 0 Å². The highest BCUT2D eigenvalue weighted by molar-refractivity contribution is 7.87. The maximum atomic E-state index is 13.0. The number of aromatic hydroxyl groups is 1. The van der Waals surface area contributed by atoms with Gasteiger partial charge in [-0.25, -0.2) is 0 Å². The monoisotopic (exact) mass is 426 g/mol. The first-order valence-corrected chi connectivity index (χ1v) is 11.2. The van der Waals surface area contributed by atoms with Crippen LogP contribution in [0.5, 0.6) is 11.5 Å². The van der Waals surface area contributed by atoms with Gasteiger partial charge < -0.3 is 9.29 Å². The van der Waals surface area contributed by atoms with E-state index < -0.39 is 10.1 Å². The molecule has 0 bridgehead atoms. The molecule has 0 aliphatic heterocycles. The molecule has 0 heterocycles. The molecular formula is C26H18O4S. The lowest BCUT2D eigenvalue weighted by atomic mass is 9.92. The summed E-state index contributed by atoms with van der Waals surface area (Å²) in [6.07, 6.45) is 0. The van der Waals surface area contributed by atoms with Gasteiger partial charge in [-0.05, 0) is 45.8 Å². The number of hydrogen-bond donors (Lipinski definition) is 1. The maximum absolute atomic E-state index is 13.0. The summed E-state index contributed by atoms with van der Waals surface area (Å²) in [6.45, 7) is 0. The fourth-order valence-electron chi connectivity index (χ4n) is 3.86. The molecule has 0 spiro atoms. The summed E-state index contributed by atoms with van der Waals surface area (Å²) >= 11 is 0. The van der Waals surface area contributed by atoms with Gasteiger partial charge in [0, 0.05) is 11.1 Å². The quantitative estimate of drug-likeness (QED) is 0.351. The van der Waals surface area contributed by atoms with Crippen LogP contribution in [0.25, 0.3) is 32.7 Å². The van der Waals surface area contributed by atoms with Gasteiger partial charge in [0.05, 0.1) is 0 Å². The molecular weight excluding hydrogens is 408 g/mol. The lowest BCUT2D eigenvalue weighted by molar-refractivity contribution is 0.475. The molecule has 5 heteroatoms. The van der Waals surface area contributed by atoms with Crippen LogP contribution >= 0.6 is 0 Å². The molecule has 5 aromatic rings. The average Bonchev–Trinajstić information content (AvgIpc) is 2.80. The predicted molar refractivity (Wildman–Crippen MR) is 123 cm³/mol. The van der Waals surface area contributed by atoms with Crippen LogP contribution in [0.3, 0.4) is 0 Å². The highest BCUT2D eigenvalue weighted by Crippen LogP contribution is 2.45. The second-order valence-corrected chi connectivity index (χ2v) is 8.74. The summed E-state index contributed by atoms with van der Waals surface area (Å²) in [5.74, 6) is 0.214. The molecule has 0 aromatic heterocycles. The van der Waals surface area contributed by atoms with Crippen molar-refractivity contribution >= 4 is 31.7 Å². The summed E-state index contributed by atoms with van der Waals surface area (Å²) in [6, 6.07) is 30.2. The van der Waals surface area contributed by atoms with Crippen LogP contribution in [0.15, 0.2) is 108 Å². The van der Waals surface area contributed by atoms with Crippen LogP contribution in [-0.2, 0) is 10.1 Å². The van der Waals surface area contributed by atoms with E-state index in [9.17, 15) is 13.5 Å². The van der Waals surface area contributed by atoms with Crippen molar-refractivity contribution in [2.24, 2.45) is 0 Å². The van der Waals surface area contributed by atoms with Gasteiger partial charge >= 0.3 is 10.1 Å². The van der Waals surface area contributed by atoms with Crippen LogP contribution in [0.4, 0.5) is 0 Å². The number of hydrogen-bond acceptors (Lipinski definition) is 4.